The molecule has 0 radical (unpaired) electrons. The molecule has 0 unspecified atom stereocenters. The molecule has 2 aromatic carbocycles. The molecule has 9 heteroatoms. The summed E-state index contributed by atoms with van der Waals surface area (Å²) in [5.74, 6) is 3.47. The second-order valence-electron chi connectivity index (χ2n) is 8.12. The normalized spacial score (nSPS) is 15.9. The van der Waals surface area contributed by atoms with Crippen LogP contribution in [0.5, 0.6) is 11.5 Å². The van der Waals surface area contributed by atoms with E-state index in [-0.39, 0.29) is 6.79 Å². The molecule has 4 aromatic rings. The van der Waals surface area contributed by atoms with E-state index in [1.165, 1.54) is 5.56 Å². The van der Waals surface area contributed by atoms with Crippen molar-refractivity contribution >= 4 is 28.6 Å². The number of benzene rings is 2. The zero-order chi connectivity index (χ0) is 21.3. The van der Waals surface area contributed by atoms with Gasteiger partial charge in [0.2, 0.25) is 18.1 Å². The molecule has 6 rings (SSSR count). The molecule has 32 heavy (non-hydrogen) atoms. The van der Waals surface area contributed by atoms with Crippen molar-refractivity contribution in [1.82, 2.24) is 20.3 Å². The van der Waals surface area contributed by atoms with Crippen molar-refractivity contribution in [1.29, 1.82) is 0 Å². The Morgan fingerprint density at radius 2 is 1.69 bits per heavy atom. The molecule has 9 nitrogen and oxygen atoms in total. The zero-order valence-corrected chi connectivity index (χ0v) is 17.4. The van der Waals surface area contributed by atoms with Crippen molar-refractivity contribution in [2.24, 2.45) is 5.92 Å². The van der Waals surface area contributed by atoms with Crippen LogP contribution in [0.1, 0.15) is 18.4 Å². The van der Waals surface area contributed by atoms with Crippen LogP contribution in [-0.4, -0.2) is 40.2 Å². The number of rotatable bonds is 5. The topological polar surface area (TPSA) is 98.4 Å². The summed E-state index contributed by atoms with van der Waals surface area (Å²) in [6.45, 7) is 2.04. The average Bonchev–Trinajstić information content (AvgIpc) is 3.48. The summed E-state index contributed by atoms with van der Waals surface area (Å²) in [7, 11) is 0. The standard InChI is InChI=1S/C23H22N6O3/c1-2-4-15(5-3-1)12-16-8-10-29(11-9-16)23-22(25-20-21(26-23)28-32-27-20)24-17-6-7-18-19(13-17)31-14-30-18/h1-7,13,16H,8-12,14H2,(H,24,25,27). The minimum atomic E-state index is 0.234. The Bertz CT molecular complexity index is 1240. The second kappa shape index (κ2) is 7.99. The molecule has 0 bridgehead atoms. The molecule has 0 saturated carbocycles. The maximum absolute atomic E-state index is 5.50. The Morgan fingerprint density at radius 3 is 2.53 bits per heavy atom. The van der Waals surface area contributed by atoms with E-state index in [0.717, 1.165) is 49.6 Å². The highest BCUT2D eigenvalue weighted by atomic mass is 16.7. The van der Waals surface area contributed by atoms with Gasteiger partial charge in [-0.15, -0.1) is 0 Å². The van der Waals surface area contributed by atoms with Gasteiger partial charge in [0.05, 0.1) is 0 Å². The molecule has 2 aliphatic heterocycles. The number of aromatic nitrogens is 4. The fraction of sp³-hybridized carbons (Fsp3) is 0.304. The number of piperidine rings is 1. The average molecular weight is 430 g/mol. The van der Waals surface area contributed by atoms with E-state index in [1.54, 1.807) is 0 Å². The lowest BCUT2D eigenvalue weighted by Gasteiger charge is -2.33. The van der Waals surface area contributed by atoms with Gasteiger partial charge < -0.3 is 19.7 Å². The Labute approximate surface area is 184 Å². The summed E-state index contributed by atoms with van der Waals surface area (Å²) in [4.78, 5) is 11.6. The van der Waals surface area contributed by atoms with E-state index >= 15 is 0 Å². The van der Waals surface area contributed by atoms with Gasteiger partial charge in [-0.05, 0) is 53.2 Å². The molecule has 0 atom stereocenters. The Hall–Kier alpha value is -3.88. The van der Waals surface area contributed by atoms with Crippen LogP contribution in [0.15, 0.2) is 53.2 Å². The summed E-state index contributed by atoms with van der Waals surface area (Å²) in [5, 5.41) is 11.1. The smallest absolute Gasteiger partial charge is 0.245 e. The highest BCUT2D eigenvalue weighted by molar-refractivity contribution is 5.77. The minimum absolute atomic E-state index is 0.234. The molecular weight excluding hydrogens is 408 g/mol. The fourth-order valence-corrected chi connectivity index (χ4v) is 4.34. The summed E-state index contributed by atoms with van der Waals surface area (Å²) >= 11 is 0. The first-order valence-electron chi connectivity index (χ1n) is 10.8. The number of hydrogen-bond donors (Lipinski definition) is 1. The molecule has 4 heterocycles. The molecule has 162 valence electrons. The molecule has 2 aliphatic rings. The molecule has 1 fully saturated rings. The summed E-state index contributed by atoms with van der Waals surface area (Å²) in [5.41, 5.74) is 3.00. The van der Waals surface area contributed by atoms with Crippen LogP contribution in [0.4, 0.5) is 17.3 Å². The van der Waals surface area contributed by atoms with Crippen molar-refractivity contribution in [2.75, 3.05) is 30.1 Å². The number of nitrogens with one attached hydrogen (secondary N) is 1. The molecule has 1 N–H and O–H groups in total. The molecular formula is C23H22N6O3. The van der Waals surface area contributed by atoms with Gasteiger partial charge in [0, 0.05) is 24.8 Å². The summed E-state index contributed by atoms with van der Waals surface area (Å²) in [6, 6.07) is 16.4. The van der Waals surface area contributed by atoms with Gasteiger partial charge in [0.1, 0.15) is 0 Å². The minimum Gasteiger partial charge on any atom is -0.454 e. The monoisotopic (exact) mass is 430 g/mol. The Kier molecular flexibility index (Phi) is 4.71. The molecule has 0 spiro atoms. The molecule has 0 amide bonds. The maximum Gasteiger partial charge on any atom is 0.245 e. The van der Waals surface area contributed by atoms with Gasteiger partial charge in [-0.1, -0.05) is 30.3 Å². The first kappa shape index (κ1) is 18.9. The first-order chi connectivity index (χ1) is 15.8. The molecule has 0 aliphatic carbocycles. The fourth-order valence-electron chi connectivity index (χ4n) is 4.34. The quantitative estimate of drug-likeness (QED) is 0.505. The van der Waals surface area contributed by atoms with E-state index in [4.69, 9.17) is 19.1 Å². The predicted octanol–water partition coefficient (Wildman–Crippen LogP) is 3.94. The van der Waals surface area contributed by atoms with Crippen molar-refractivity contribution in [2.45, 2.75) is 19.3 Å². The van der Waals surface area contributed by atoms with E-state index in [2.05, 4.69) is 55.8 Å². The lowest BCUT2D eigenvalue weighted by Crippen LogP contribution is -2.35. The maximum atomic E-state index is 5.50. The van der Waals surface area contributed by atoms with E-state index in [0.29, 0.717) is 28.8 Å². The Balaban J connectivity index is 1.24. The van der Waals surface area contributed by atoms with Crippen molar-refractivity contribution in [3.05, 3.63) is 54.1 Å². The van der Waals surface area contributed by atoms with Crippen LogP contribution in [0, 0.1) is 5.92 Å². The number of nitrogens with zero attached hydrogens (tertiary/aromatic N) is 5. The van der Waals surface area contributed by atoms with Crippen LogP contribution in [0.25, 0.3) is 11.3 Å². The van der Waals surface area contributed by atoms with E-state index in [1.807, 2.05) is 18.2 Å². The largest absolute Gasteiger partial charge is 0.454 e. The molecule has 2 aromatic heterocycles. The first-order valence-corrected chi connectivity index (χ1v) is 10.8. The van der Waals surface area contributed by atoms with Gasteiger partial charge >= 0.3 is 0 Å². The van der Waals surface area contributed by atoms with Gasteiger partial charge in [0.25, 0.3) is 0 Å². The molecule has 1 saturated heterocycles. The number of hydrogen-bond acceptors (Lipinski definition) is 9. The second-order valence-corrected chi connectivity index (χ2v) is 8.12. The van der Waals surface area contributed by atoms with E-state index < -0.39 is 0 Å². The lowest BCUT2D eigenvalue weighted by molar-refractivity contribution is 0.174. The summed E-state index contributed by atoms with van der Waals surface area (Å²) < 4.78 is 15.7. The lowest BCUT2D eigenvalue weighted by atomic mass is 9.90. The van der Waals surface area contributed by atoms with E-state index in [9.17, 15) is 0 Å². The SMILES string of the molecule is c1ccc(CC2CCN(c3nc4nonc4nc3Nc3ccc4c(c3)OCO4)CC2)cc1. The Morgan fingerprint density at radius 1 is 0.906 bits per heavy atom. The van der Waals surface area contributed by atoms with Crippen molar-refractivity contribution < 1.29 is 14.1 Å². The highest BCUT2D eigenvalue weighted by Crippen LogP contribution is 2.37. The number of anilines is 3. The van der Waals surface area contributed by atoms with Crippen LogP contribution >= 0.6 is 0 Å². The van der Waals surface area contributed by atoms with Crippen LogP contribution < -0.4 is 19.7 Å². The van der Waals surface area contributed by atoms with Gasteiger partial charge in [-0.3, -0.25) is 0 Å². The van der Waals surface area contributed by atoms with Gasteiger partial charge in [0.15, 0.2) is 23.1 Å². The van der Waals surface area contributed by atoms with Crippen molar-refractivity contribution in [3.63, 3.8) is 0 Å². The van der Waals surface area contributed by atoms with Crippen molar-refractivity contribution in [3.8, 4) is 11.5 Å². The third-order valence-corrected chi connectivity index (χ3v) is 6.01. The number of fused-ring (bicyclic) bond motifs is 2. The highest BCUT2D eigenvalue weighted by Gasteiger charge is 2.25. The summed E-state index contributed by atoms with van der Waals surface area (Å²) in [6.07, 6.45) is 3.29. The zero-order valence-electron chi connectivity index (χ0n) is 17.4. The predicted molar refractivity (Wildman–Crippen MR) is 118 cm³/mol. The van der Waals surface area contributed by atoms with Gasteiger partial charge in [-0.25, -0.2) is 14.6 Å². The third kappa shape index (κ3) is 3.66. The van der Waals surface area contributed by atoms with Crippen LogP contribution in [0.2, 0.25) is 0 Å². The van der Waals surface area contributed by atoms with Gasteiger partial charge in [-0.2, -0.15) is 0 Å². The number of ether oxygens (including phenoxy) is 2. The van der Waals surface area contributed by atoms with Crippen LogP contribution in [-0.2, 0) is 6.42 Å². The third-order valence-electron chi connectivity index (χ3n) is 6.01. The van der Waals surface area contributed by atoms with Crippen LogP contribution in [0.3, 0.4) is 0 Å².